The van der Waals surface area contributed by atoms with E-state index in [1.165, 1.54) is 4.31 Å². The van der Waals surface area contributed by atoms with Crippen molar-refractivity contribution < 1.29 is 13.5 Å². The van der Waals surface area contributed by atoms with Crippen molar-refractivity contribution in [3.8, 4) is 0 Å². The lowest BCUT2D eigenvalue weighted by Gasteiger charge is -2.42. The molecule has 0 spiro atoms. The van der Waals surface area contributed by atoms with Gasteiger partial charge in [-0.15, -0.1) is 0 Å². The molecule has 94 valence electrons. The van der Waals surface area contributed by atoms with E-state index < -0.39 is 15.6 Å². The van der Waals surface area contributed by atoms with E-state index in [9.17, 15) is 13.5 Å². The smallest absolute Gasteiger partial charge is 0.243 e. The summed E-state index contributed by atoms with van der Waals surface area (Å²) >= 11 is 3.33. The first-order valence-corrected chi connectivity index (χ1v) is 7.44. The van der Waals surface area contributed by atoms with E-state index in [0.29, 0.717) is 0 Å². The lowest BCUT2D eigenvalue weighted by Crippen LogP contribution is -2.61. The number of aliphatic hydroxyl groups is 1. The maximum absolute atomic E-state index is 12.2. The number of hydrogen-bond donors (Lipinski definition) is 1. The van der Waals surface area contributed by atoms with Gasteiger partial charge in [0.05, 0.1) is 10.5 Å². The van der Waals surface area contributed by atoms with Gasteiger partial charge in [-0.3, -0.25) is 0 Å². The van der Waals surface area contributed by atoms with Crippen LogP contribution in [-0.4, -0.2) is 36.5 Å². The van der Waals surface area contributed by atoms with Crippen LogP contribution in [0.3, 0.4) is 0 Å². The van der Waals surface area contributed by atoms with Crippen molar-refractivity contribution in [2.75, 3.05) is 13.1 Å². The fourth-order valence-electron chi connectivity index (χ4n) is 1.81. The quantitative estimate of drug-likeness (QED) is 0.899. The number of sulfonamides is 1. The van der Waals surface area contributed by atoms with Crippen LogP contribution in [0.4, 0.5) is 0 Å². The standard InChI is InChI=1S/C11H14BrNO3S/c1-8-5-9(3-4-10(8)12)17(15,16)13-6-11(2,14)7-13/h3-5,14H,6-7H2,1-2H3. The molecule has 17 heavy (non-hydrogen) atoms. The SMILES string of the molecule is Cc1cc(S(=O)(=O)N2CC(C)(O)C2)ccc1Br. The van der Waals surface area contributed by atoms with Gasteiger partial charge < -0.3 is 5.11 Å². The van der Waals surface area contributed by atoms with Gasteiger partial charge in [0.15, 0.2) is 0 Å². The van der Waals surface area contributed by atoms with Crippen molar-refractivity contribution in [2.24, 2.45) is 0 Å². The summed E-state index contributed by atoms with van der Waals surface area (Å²) in [5, 5.41) is 9.58. The highest BCUT2D eigenvalue weighted by Gasteiger charge is 2.43. The van der Waals surface area contributed by atoms with Crippen LogP contribution in [0.2, 0.25) is 0 Å². The number of aryl methyl sites for hydroxylation is 1. The Morgan fingerprint density at radius 2 is 2.00 bits per heavy atom. The monoisotopic (exact) mass is 319 g/mol. The summed E-state index contributed by atoms with van der Waals surface area (Å²) < 4.78 is 26.5. The molecule has 1 saturated heterocycles. The molecule has 1 heterocycles. The first kappa shape index (κ1) is 13.0. The number of rotatable bonds is 2. The lowest BCUT2D eigenvalue weighted by molar-refractivity contribution is -0.0426. The molecule has 0 bridgehead atoms. The molecule has 2 rings (SSSR count). The highest BCUT2D eigenvalue weighted by atomic mass is 79.9. The molecular formula is C11H14BrNO3S. The van der Waals surface area contributed by atoms with E-state index in [4.69, 9.17) is 0 Å². The molecule has 1 aliphatic rings. The molecule has 6 heteroatoms. The van der Waals surface area contributed by atoms with Crippen molar-refractivity contribution in [2.45, 2.75) is 24.3 Å². The van der Waals surface area contributed by atoms with Crippen LogP contribution in [0.15, 0.2) is 27.6 Å². The number of benzene rings is 1. The molecule has 1 aromatic carbocycles. The van der Waals surface area contributed by atoms with Crippen molar-refractivity contribution in [3.05, 3.63) is 28.2 Å². The molecular weight excluding hydrogens is 306 g/mol. The average molecular weight is 320 g/mol. The maximum atomic E-state index is 12.2. The Kier molecular flexibility index (Phi) is 3.10. The van der Waals surface area contributed by atoms with Gasteiger partial charge in [0.2, 0.25) is 10.0 Å². The van der Waals surface area contributed by atoms with E-state index in [-0.39, 0.29) is 18.0 Å². The Labute approximate surface area is 109 Å². The van der Waals surface area contributed by atoms with Crippen LogP contribution >= 0.6 is 15.9 Å². The summed E-state index contributed by atoms with van der Waals surface area (Å²) in [6.45, 7) is 3.79. The minimum atomic E-state index is -3.46. The fourth-order valence-corrected chi connectivity index (χ4v) is 3.82. The van der Waals surface area contributed by atoms with Gasteiger partial charge in [0.25, 0.3) is 0 Å². The lowest BCUT2D eigenvalue weighted by atomic mass is 10.0. The Hall–Kier alpha value is -0.430. The molecule has 4 nitrogen and oxygen atoms in total. The van der Waals surface area contributed by atoms with E-state index in [1.807, 2.05) is 6.92 Å². The zero-order valence-corrected chi connectivity index (χ0v) is 12.0. The number of halogens is 1. The van der Waals surface area contributed by atoms with Crippen molar-refractivity contribution in [1.29, 1.82) is 0 Å². The number of nitrogens with zero attached hydrogens (tertiary/aromatic N) is 1. The third-order valence-electron chi connectivity index (χ3n) is 2.80. The Bertz CT molecular complexity index is 546. The molecule has 0 aromatic heterocycles. The number of β-amino-alcohol motifs (C(OH)–C–C–N with tert-alkyl or cyclic N) is 1. The second-order valence-corrected chi connectivity index (χ2v) is 7.47. The van der Waals surface area contributed by atoms with Gasteiger partial charge in [-0.2, -0.15) is 4.31 Å². The first-order valence-electron chi connectivity index (χ1n) is 5.21. The second kappa shape index (κ2) is 4.05. The summed E-state index contributed by atoms with van der Waals surface area (Å²) in [5.41, 5.74) is -0.0179. The predicted molar refractivity (Wildman–Crippen MR) is 68.3 cm³/mol. The first-order chi connectivity index (χ1) is 7.72. The average Bonchev–Trinajstić information content (AvgIpc) is 2.18. The summed E-state index contributed by atoms with van der Waals surface area (Å²) in [6.07, 6.45) is 0. The van der Waals surface area contributed by atoms with Gasteiger partial charge in [-0.25, -0.2) is 8.42 Å². The molecule has 1 aromatic rings. The van der Waals surface area contributed by atoms with Crippen LogP contribution in [-0.2, 0) is 10.0 Å². The van der Waals surface area contributed by atoms with Gasteiger partial charge in [0.1, 0.15) is 0 Å². The summed E-state index contributed by atoms with van der Waals surface area (Å²) in [4.78, 5) is 0.272. The Balaban J connectivity index is 2.30. The van der Waals surface area contributed by atoms with Crippen molar-refractivity contribution in [1.82, 2.24) is 4.31 Å². The van der Waals surface area contributed by atoms with Gasteiger partial charge in [0, 0.05) is 17.6 Å². The van der Waals surface area contributed by atoms with Crippen LogP contribution in [0, 0.1) is 6.92 Å². The summed E-state index contributed by atoms with van der Waals surface area (Å²) in [6, 6.07) is 4.92. The summed E-state index contributed by atoms with van der Waals surface area (Å²) in [5.74, 6) is 0. The van der Waals surface area contributed by atoms with E-state index >= 15 is 0 Å². The van der Waals surface area contributed by atoms with Gasteiger partial charge in [-0.05, 0) is 37.6 Å². The molecule has 0 radical (unpaired) electrons. The maximum Gasteiger partial charge on any atom is 0.243 e. The molecule has 0 saturated carbocycles. The normalized spacial score (nSPS) is 20.0. The molecule has 1 aliphatic heterocycles. The van der Waals surface area contributed by atoms with Crippen molar-refractivity contribution in [3.63, 3.8) is 0 Å². The predicted octanol–water partition coefficient (Wildman–Crippen LogP) is 1.51. The van der Waals surface area contributed by atoms with Crippen molar-refractivity contribution >= 4 is 26.0 Å². The zero-order valence-electron chi connectivity index (χ0n) is 9.64. The third-order valence-corrected chi connectivity index (χ3v) is 5.48. The Morgan fingerprint density at radius 3 is 2.47 bits per heavy atom. The summed E-state index contributed by atoms with van der Waals surface area (Å²) in [7, 11) is -3.46. The largest absolute Gasteiger partial charge is 0.387 e. The van der Waals surface area contributed by atoms with E-state index in [1.54, 1.807) is 25.1 Å². The van der Waals surface area contributed by atoms with Crippen LogP contribution in [0.25, 0.3) is 0 Å². The molecule has 0 unspecified atom stereocenters. The fraction of sp³-hybridized carbons (Fsp3) is 0.455. The van der Waals surface area contributed by atoms with Crippen LogP contribution in [0.1, 0.15) is 12.5 Å². The van der Waals surface area contributed by atoms with E-state index in [2.05, 4.69) is 15.9 Å². The molecule has 1 fully saturated rings. The molecule has 0 amide bonds. The van der Waals surface area contributed by atoms with Gasteiger partial charge in [-0.1, -0.05) is 15.9 Å². The minimum absolute atomic E-state index is 0.157. The van der Waals surface area contributed by atoms with Crippen LogP contribution in [0.5, 0.6) is 0 Å². The molecule has 0 aliphatic carbocycles. The Morgan fingerprint density at radius 1 is 1.41 bits per heavy atom. The topological polar surface area (TPSA) is 57.6 Å². The van der Waals surface area contributed by atoms with Crippen LogP contribution < -0.4 is 0 Å². The molecule has 1 N–H and O–H groups in total. The zero-order chi connectivity index (χ0) is 12.8. The second-order valence-electron chi connectivity index (χ2n) is 4.68. The third kappa shape index (κ3) is 2.40. The van der Waals surface area contributed by atoms with Gasteiger partial charge >= 0.3 is 0 Å². The highest BCUT2D eigenvalue weighted by molar-refractivity contribution is 9.10. The highest BCUT2D eigenvalue weighted by Crippen LogP contribution is 2.29. The van der Waals surface area contributed by atoms with E-state index in [0.717, 1.165) is 10.0 Å². The number of hydrogen-bond acceptors (Lipinski definition) is 3. The molecule has 0 atom stereocenters. The minimum Gasteiger partial charge on any atom is -0.387 e.